The molecule has 0 aliphatic carbocycles. The number of carboxylic acid groups (broad SMARTS) is 1. The van der Waals surface area contributed by atoms with Crippen LogP contribution in [0.15, 0.2) is 0 Å². The predicted octanol–water partition coefficient (Wildman–Crippen LogP) is -0.588. The molecule has 0 fully saturated rings. The lowest BCUT2D eigenvalue weighted by Gasteiger charge is -2.24. The van der Waals surface area contributed by atoms with E-state index >= 15 is 0 Å². The summed E-state index contributed by atoms with van der Waals surface area (Å²) in [6.45, 7) is 3.69. The van der Waals surface area contributed by atoms with Crippen LogP contribution in [-0.2, 0) is 19.2 Å². The van der Waals surface area contributed by atoms with Crippen LogP contribution in [0.1, 0.15) is 46.0 Å². The highest BCUT2D eigenvalue weighted by molar-refractivity contribution is 7.98. The molecule has 4 atom stereocenters. The molecule has 0 heterocycles. The van der Waals surface area contributed by atoms with Crippen molar-refractivity contribution in [2.24, 2.45) is 17.4 Å². The lowest BCUT2D eigenvalue weighted by atomic mass is 9.98. The molecule has 0 rings (SSSR count). The van der Waals surface area contributed by atoms with Gasteiger partial charge in [-0.2, -0.15) is 11.8 Å². The highest BCUT2D eigenvalue weighted by Crippen LogP contribution is 2.09. The minimum absolute atomic E-state index is 0.270. The number of carbonyl (C=O) groups is 4. The lowest BCUT2D eigenvalue weighted by molar-refractivity contribution is -0.143. The zero-order valence-electron chi connectivity index (χ0n) is 18.1. The largest absolute Gasteiger partial charge is 0.480 e. The predicted molar refractivity (Wildman–Crippen MR) is 118 cm³/mol. The molecule has 0 saturated heterocycles. The first-order valence-corrected chi connectivity index (χ1v) is 11.6. The van der Waals surface area contributed by atoms with Gasteiger partial charge in [-0.3, -0.25) is 14.4 Å². The topological polar surface area (TPSA) is 177 Å². The Morgan fingerprint density at radius 3 is 2.27 bits per heavy atom. The van der Waals surface area contributed by atoms with Gasteiger partial charge in [-0.25, -0.2) is 4.79 Å². The molecule has 0 radical (unpaired) electrons. The summed E-state index contributed by atoms with van der Waals surface area (Å²) in [5.74, 6) is -2.23. The van der Waals surface area contributed by atoms with Crippen LogP contribution in [0.25, 0.3) is 0 Å². The van der Waals surface area contributed by atoms with Crippen molar-refractivity contribution >= 4 is 35.5 Å². The summed E-state index contributed by atoms with van der Waals surface area (Å²) in [5.41, 5.74) is 11.2. The van der Waals surface area contributed by atoms with Crippen molar-refractivity contribution in [1.29, 1.82) is 0 Å². The Kier molecular flexibility index (Phi) is 14.9. The second-order valence-electron chi connectivity index (χ2n) is 7.22. The van der Waals surface area contributed by atoms with Crippen molar-refractivity contribution in [2.75, 3.05) is 25.1 Å². The smallest absolute Gasteiger partial charge is 0.326 e. The van der Waals surface area contributed by atoms with Crippen molar-refractivity contribution in [3.8, 4) is 0 Å². The van der Waals surface area contributed by atoms with E-state index in [0.717, 1.165) is 5.75 Å². The molecule has 30 heavy (non-hydrogen) atoms. The first-order valence-electron chi connectivity index (χ1n) is 10.2. The molecule has 0 spiro atoms. The first-order chi connectivity index (χ1) is 14.2. The number of unbranched alkanes of at least 4 members (excludes halogenated alkanes) is 1. The lowest BCUT2D eigenvalue weighted by Crippen LogP contribution is -2.55. The molecule has 0 aromatic rings. The number of aliphatic carboxylic acids is 1. The van der Waals surface area contributed by atoms with Crippen molar-refractivity contribution in [2.45, 2.75) is 64.1 Å². The van der Waals surface area contributed by atoms with E-state index < -0.39 is 41.8 Å². The Bertz CT molecular complexity index is 563. The van der Waals surface area contributed by atoms with Crippen LogP contribution in [-0.4, -0.2) is 72.0 Å². The summed E-state index contributed by atoms with van der Waals surface area (Å²) in [7, 11) is 0. The van der Waals surface area contributed by atoms with E-state index in [0.29, 0.717) is 38.6 Å². The van der Waals surface area contributed by atoms with Gasteiger partial charge in [0, 0.05) is 0 Å². The van der Waals surface area contributed by atoms with E-state index in [9.17, 15) is 24.3 Å². The first kappa shape index (κ1) is 28.1. The zero-order valence-corrected chi connectivity index (χ0v) is 18.9. The third kappa shape index (κ3) is 11.4. The third-order valence-electron chi connectivity index (χ3n) is 4.77. The van der Waals surface area contributed by atoms with Crippen molar-refractivity contribution in [1.82, 2.24) is 16.0 Å². The Labute approximate surface area is 182 Å². The summed E-state index contributed by atoms with van der Waals surface area (Å²) in [5, 5.41) is 16.9. The van der Waals surface area contributed by atoms with Gasteiger partial charge in [0.2, 0.25) is 17.7 Å². The van der Waals surface area contributed by atoms with Crippen LogP contribution in [0.5, 0.6) is 0 Å². The molecular formula is C19H37N5O5S. The SMILES string of the molecule is CCC(C)C(NC(=O)C(CCCCN)NC(=O)CNC(=O)C(N)CCSC)C(=O)O. The molecule has 0 bridgehead atoms. The van der Waals surface area contributed by atoms with Crippen molar-refractivity contribution in [3.63, 3.8) is 0 Å². The molecule has 0 aliphatic heterocycles. The number of nitrogens with one attached hydrogen (secondary N) is 3. The van der Waals surface area contributed by atoms with Gasteiger partial charge in [-0.1, -0.05) is 20.3 Å². The molecule has 0 aliphatic rings. The number of hydrogen-bond acceptors (Lipinski definition) is 7. The molecule has 4 unspecified atom stereocenters. The van der Waals surface area contributed by atoms with E-state index in [-0.39, 0.29) is 12.5 Å². The zero-order chi connectivity index (χ0) is 23.1. The average Bonchev–Trinajstić information content (AvgIpc) is 2.72. The van der Waals surface area contributed by atoms with Gasteiger partial charge in [0.05, 0.1) is 12.6 Å². The highest BCUT2D eigenvalue weighted by atomic mass is 32.2. The van der Waals surface area contributed by atoms with Crippen LogP contribution >= 0.6 is 11.8 Å². The Morgan fingerprint density at radius 2 is 1.73 bits per heavy atom. The third-order valence-corrected chi connectivity index (χ3v) is 5.41. The van der Waals surface area contributed by atoms with Crippen LogP contribution < -0.4 is 27.4 Å². The van der Waals surface area contributed by atoms with Crippen LogP contribution in [0, 0.1) is 5.92 Å². The van der Waals surface area contributed by atoms with Crippen LogP contribution in [0.3, 0.4) is 0 Å². The quantitative estimate of drug-likeness (QED) is 0.170. The normalized spacial score (nSPS) is 14.8. The van der Waals surface area contributed by atoms with Gasteiger partial charge in [-0.05, 0) is 50.2 Å². The minimum Gasteiger partial charge on any atom is -0.480 e. The number of thioether (sulfide) groups is 1. The minimum atomic E-state index is -1.13. The number of amides is 3. The van der Waals surface area contributed by atoms with Gasteiger partial charge >= 0.3 is 5.97 Å². The Balaban J connectivity index is 4.90. The fourth-order valence-electron chi connectivity index (χ4n) is 2.62. The number of nitrogens with two attached hydrogens (primary N) is 2. The molecule has 3 amide bonds. The maximum atomic E-state index is 12.6. The van der Waals surface area contributed by atoms with E-state index in [1.807, 2.05) is 13.2 Å². The molecular weight excluding hydrogens is 410 g/mol. The van der Waals surface area contributed by atoms with Crippen molar-refractivity contribution < 1.29 is 24.3 Å². The fourth-order valence-corrected chi connectivity index (χ4v) is 3.11. The molecule has 11 heteroatoms. The molecule has 0 aromatic carbocycles. The van der Waals surface area contributed by atoms with Gasteiger partial charge in [-0.15, -0.1) is 0 Å². The van der Waals surface area contributed by atoms with E-state index in [4.69, 9.17) is 11.5 Å². The van der Waals surface area contributed by atoms with E-state index in [1.165, 1.54) is 0 Å². The van der Waals surface area contributed by atoms with Gasteiger partial charge < -0.3 is 32.5 Å². The summed E-state index contributed by atoms with van der Waals surface area (Å²) in [6, 6.07) is -2.68. The van der Waals surface area contributed by atoms with Gasteiger partial charge in [0.1, 0.15) is 12.1 Å². The number of rotatable bonds is 16. The van der Waals surface area contributed by atoms with Crippen LogP contribution in [0.4, 0.5) is 0 Å². The molecule has 0 aromatic heterocycles. The molecule has 0 saturated carbocycles. The Hall–Kier alpha value is -1.85. The maximum absolute atomic E-state index is 12.6. The summed E-state index contributed by atoms with van der Waals surface area (Å²) >= 11 is 1.57. The van der Waals surface area contributed by atoms with E-state index in [1.54, 1.807) is 18.7 Å². The number of carboxylic acids is 1. The van der Waals surface area contributed by atoms with Crippen LogP contribution in [0.2, 0.25) is 0 Å². The molecule has 174 valence electrons. The molecule has 8 N–H and O–H groups in total. The molecule has 10 nitrogen and oxygen atoms in total. The summed E-state index contributed by atoms with van der Waals surface area (Å²) in [6.07, 6.45) is 4.53. The second kappa shape index (κ2) is 15.9. The second-order valence-corrected chi connectivity index (χ2v) is 8.21. The summed E-state index contributed by atoms with van der Waals surface area (Å²) < 4.78 is 0. The average molecular weight is 448 g/mol. The number of hydrogen-bond donors (Lipinski definition) is 6. The van der Waals surface area contributed by atoms with E-state index in [2.05, 4.69) is 16.0 Å². The van der Waals surface area contributed by atoms with Gasteiger partial charge in [0.15, 0.2) is 0 Å². The van der Waals surface area contributed by atoms with Crippen molar-refractivity contribution in [3.05, 3.63) is 0 Å². The maximum Gasteiger partial charge on any atom is 0.326 e. The standard InChI is InChI=1S/C19H37N5O5S/c1-4-12(2)16(19(28)29)24-18(27)14(7-5-6-9-20)23-15(25)11-22-17(26)13(21)8-10-30-3/h12-14,16H,4-11,20-21H2,1-3H3,(H,22,26)(H,23,25)(H,24,27)(H,28,29). The van der Waals surface area contributed by atoms with Gasteiger partial charge in [0.25, 0.3) is 0 Å². The monoisotopic (exact) mass is 447 g/mol. The highest BCUT2D eigenvalue weighted by Gasteiger charge is 2.29. The Morgan fingerprint density at radius 1 is 1.07 bits per heavy atom. The summed E-state index contributed by atoms with van der Waals surface area (Å²) in [4.78, 5) is 48.3. The number of carbonyl (C=O) groups excluding carboxylic acids is 3. The fraction of sp³-hybridized carbons (Fsp3) is 0.789.